The van der Waals surface area contributed by atoms with Gasteiger partial charge >= 0.3 is 11.9 Å². The van der Waals surface area contributed by atoms with Crippen molar-refractivity contribution in [2.45, 2.75) is 51.9 Å². The minimum Gasteiger partial charge on any atom is -0.493 e. The number of methoxy groups -OCH3 is 1. The number of aromatic nitrogens is 1. The molecular formula is C34H39FN2O9. The second-order valence-electron chi connectivity index (χ2n) is 11.1. The van der Waals surface area contributed by atoms with Gasteiger partial charge in [-0.25, -0.2) is 14.2 Å². The topological polar surface area (TPSA) is 132 Å². The van der Waals surface area contributed by atoms with E-state index in [2.05, 4.69) is 10.3 Å². The van der Waals surface area contributed by atoms with Crippen LogP contribution < -0.4 is 19.5 Å². The Balaban J connectivity index is 1.52. The van der Waals surface area contributed by atoms with Crippen molar-refractivity contribution in [2.75, 3.05) is 27.1 Å². The van der Waals surface area contributed by atoms with E-state index >= 15 is 0 Å². The number of nitrogens with zero attached hydrogens (tertiary/aromatic N) is 1. The van der Waals surface area contributed by atoms with Crippen molar-refractivity contribution in [3.8, 4) is 17.2 Å². The van der Waals surface area contributed by atoms with Crippen LogP contribution in [0.3, 0.4) is 0 Å². The van der Waals surface area contributed by atoms with Gasteiger partial charge in [0.2, 0.25) is 6.79 Å². The summed E-state index contributed by atoms with van der Waals surface area (Å²) in [5.74, 6) is -2.15. The zero-order chi connectivity index (χ0) is 33.1. The lowest BCUT2D eigenvalue weighted by Gasteiger charge is -2.34. The second-order valence-corrected chi connectivity index (χ2v) is 11.1. The van der Waals surface area contributed by atoms with Gasteiger partial charge < -0.3 is 33.7 Å². The first-order valence-electron chi connectivity index (χ1n) is 15.0. The molecule has 1 N–H and O–H groups in total. The molecular weight excluding hydrogens is 599 g/mol. The molecule has 0 spiro atoms. The highest BCUT2D eigenvalue weighted by Gasteiger charge is 2.36. The molecule has 1 aliphatic heterocycles. The number of carbonyl (C=O) groups excluding carboxylic acids is 3. The van der Waals surface area contributed by atoms with Crippen LogP contribution in [-0.4, -0.2) is 68.2 Å². The summed E-state index contributed by atoms with van der Waals surface area (Å²) in [5, 5.41) is 2.63. The van der Waals surface area contributed by atoms with Crippen LogP contribution in [0.25, 0.3) is 0 Å². The van der Waals surface area contributed by atoms with Crippen LogP contribution in [0.15, 0.2) is 66.9 Å². The molecule has 4 rings (SSSR count). The van der Waals surface area contributed by atoms with Crippen LogP contribution in [0, 0.1) is 17.7 Å². The van der Waals surface area contributed by atoms with Crippen molar-refractivity contribution >= 4 is 17.8 Å². The molecule has 0 bridgehead atoms. The van der Waals surface area contributed by atoms with Gasteiger partial charge in [0.25, 0.3) is 5.91 Å². The highest BCUT2D eigenvalue weighted by Crippen LogP contribution is 2.30. The molecule has 2 heterocycles. The van der Waals surface area contributed by atoms with E-state index in [9.17, 15) is 18.8 Å². The Morgan fingerprint density at radius 3 is 2.52 bits per heavy atom. The summed E-state index contributed by atoms with van der Waals surface area (Å²) in [5.41, 5.74) is 0.708. The van der Waals surface area contributed by atoms with Crippen molar-refractivity contribution in [2.24, 2.45) is 11.8 Å². The summed E-state index contributed by atoms with van der Waals surface area (Å²) in [7, 11) is 1.38. The maximum absolute atomic E-state index is 13.6. The molecule has 2 aromatic carbocycles. The van der Waals surface area contributed by atoms with Crippen LogP contribution in [0.2, 0.25) is 0 Å². The molecule has 3 aromatic rings. The molecule has 4 atom stereocenters. The summed E-state index contributed by atoms with van der Waals surface area (Å²) in [6, 6.07) is 15.7. The van der Waals surface area contributed by atoms with Gasteiger partial charge in [0.1, 0.15) is 23.8 Å². The molecule has 0 aliphatic carbocycles. The van der Waals surface area contributed by atoms with Crippen LogP contribution >= 0.6 is 0 Å². The predicted octanol–water partition coefficient (Wildman–Crippen LogP) is 4.52. The Labute approximate surface area is 267 Å². The highest BCUT2D eigenvalue weighted by molar-refractivity contribution is 5.98. The summed E-state index contributed by atoms with van der Waals surface area (Å²) >= 11 is 0. The van der Waals surface area contributed by atoms with Gasteiger partial charge in [-0.3, -0.25) is 9.59 Å². The smallest absolute Gasteiger partial charge is 0.331 e. The van der Waals surface area contributed by atoms with Crippen LogP contribution in [0.1, 0.15) is 43.2 Å². The number of pyridine rings is 1. The Hall–Kier alpha value is -4.71. The standard InChI is InChI=1S/C34H39FN2O9/c1-21(2)33(39)44-20-43-31-28(41-4)14-16-36-29(31)32(38)37-27-19-42-17-15-24(18-23-10-12-25(35)13-11-23)30(22(3)45-34(27)40)46-26-8-6-5-7-9-26/h5-14,16,21-22,24,27,30H,15,17-20H2,1-4H3,(H,37,38)/t22-,24+,27-,30-/m0/s1. The van der Waals surface area contributed by atoms with Crippen molar-refractivity contribution in [3.05, 3.63) is 83.9 Å². The summed E-state index contributed by atoms with van der Waals surface area (Å²) in [6.45, 7) is 4.69. The summed E-state index contributed by atoms with van der Waals surface area (Å²) in [4.78, 5) is 42.9. The first kappa shape index (κ1) is 34.2. The molecule has 12 heteroatoms. The summed E-state index contributed by atoms with van der Waals surface area (Å²) < 4.78 is 47.7. The monoisotopic (exact) mass is 638 g/mol. The average molecular weight is 639 g/mol. The number of esters is 2. The molecule has 1 aromatic heterocycles. The number of cyclic esters (lactones) is 1. The minimum atomic E-state index is -1.19. The maximum Gasteiger partial charge on any atom is 0.331 e. The molecule has 0 radical (unpaired) electrons. The number of nitrogens with one attached hydrogen (secondary N) is 1. The van der Waals surface area contributed by atoms with Crippen molar-refractivity contribution in [1.82, 2.24) is 10.3 Å². The number of rotatable bonds is 11. The number of amides is 1. The quantitative estimate of drug-likeness (QED) is 0.236. The normalized spacial score (nSPS) is 20.3. The minimum absolute atomic E-state index is 0.0680. The van der Waals surface area contributed by atoms with Crippen LogP contribution in [-0.2, 0) is 30.2 Å². The van der Waals surface area contributed by atoms with Gasteiger partial charge in [-0.1, -0.05) is 44.2 Å². The van der Waals surface area contributed by atoms with E-state index in [1.165, 1.54) is 31.5 Å². The Bertz CT molecular complexity index is 1450. The lowest BCUT2D eigenvalue weighted by molar-refractivity contribution is -0.160. The molecule has 0 unspecified atom stereocenters. The fraction of sp³-hybridized carbons (Fsp3) is 0.412. The number of benzene rings is 2. The first-order chi connectivity index (χ1) is 22.2. The molecule has 246 valence electrons. The zero-order valence-electron chi connectivity index (χ0n) is 26.3. The van der Waals surface area contributed by atoms with E-state index in [0.29, 0.717) is 18.6 Å². The highest BCUT2D eigenvalue weighted by atomic mass is 19.1. The molecule has 1 amide bonds. The van der Waals surface area contributed by atoms with Gasteiger partial charge in [-0.15, -0.1) is 0 Å². The number of halogens is 1. The van der Waals surface area contributed by atoms with Crippen molar-refractivity contribution < 1.29 is 47.2 Å². The molecule has 1 aliphatic rings. The van der Waals surface area contributed by atoms with Gasteiger partial charge in [0.15, 0.2) is 23.2 Å². The van der Waals surface area contributed by atoms with E-state index in [0.717, 1.165) is 5.56 Å². The van der Waals surface area contributed by atoms with Crippen LogP contribution in [0.5, 0.6) is 17.2 Å². The van der Waals surface area contributed by atoms with E-state index in [1.54, 1.807) is 32.9 Å². The number of hydrogen-bond donors (Lipinski definition) is 1. The Morgan fingerprint density at radius 2 is 1.83 bits per heavy atom. The van der Waals surface area contributed by atoms with E-state index < -0.39 is 42.9 Å². The number of para-hydroxylation sites is 1. The lowest BCUT2D eigenvalue weighted by Crippen LogP contribution is -2.50. The SMILES string of the molecule is COc1ccnc(C(=O)N[C@H]2COCC[C@H](Cc3ccc(F)cc3)[C@@H](Oc3ccccc3)[C@H](C)OC2=O)c1OCOC(=O)C(C)C. The number of ether oxygens (including phenoxy) is 6. The van der Waals surface area contributed by atoms with Crippen LogP contribution in [0.4, 0.5) is 4.39 Å². The third-order valence-corrected chi connectivity index (χ3v) is 7.34. The third kappa shape index (κ3) is 9.40. The van der Waals surface area contributed by atoms with Crippen molar-refractivity contribution in [3.63, 3.8) is 0 Å². The van der Waals surface area contributed by atoms with Crippen molar-refractivity contribution in [1.29, 1.82) is 0 Å². The Kier molecular flexibility index (Phi) is 12.3. The van der Waals surface area contributed by atoms with Gasteiger partial charge in [0, 0.05) is 24.8 Å². The molecule has 46 heavy (non-hydrogen) atoms. The van der Waals surface area contributed by atoms with E-state index in [1.807, 2.05) is 30.3 Å². The first-order valence-corrected chi connectivity index (χ1v) is 15.0. The number of carbonyl (C=O) groups is 3. The molecule has 11 nitrogen and oxygen atoms in total. The molecule has 0 saturated carbocycles. The molecule has 1 saturated heterocycles. The average Bonchev–Trinajstić information content (AvgIpc) is 3.05. The maximum atomic E-state index is 13.6. The molecule has 1 fully saturated rings. The number of hydrogen-bond acceptors (Lipinski definition) is 10. The predicted molar refractivity (Wildman–Crippen MR) is 164 cm³/mol. The second kappa shape index (κ2) is 16.6. The van der Waals surface area contributed by atoms with E-state index in [4.69, 9.17) is 28.4 Å². The van der Waals surface area contributed by atoms with Gasteiger partial charge in [-0.05, 0) is 49.6 Å². The van der Waals surface area contributed by atoms with Gasteiger partial charge in [0.05, 0.1) is 19.6 Å². The fourth-order valence-electron chi connectivity index (χ4n) is 4.91. The Morgan fingerprint density at radius 1 is 1.09 bits per heavy atom. The van der Waals surface area contributed by atoms with E-state index in [-0.39, 0.29) is 48.1 Å². The zero-order valence-corrected chi connectivity index (χ0v) is 26.3. The summed E-state index contributed by atoms with van der Waals surface area (Å²) in [6.07, 6.45) is 1.07. The van der Waals surface area contributed by atoms with Gasteiger partial charge in [-0.2, -0.15) is 0 Å². The third-order valence-electron chi connectivity index (χ3n) is 7.34. The largest absolute Gasteiger partial charge is 0.493 e. The fourth-order valence-corrected chi connectivity index (χ4v) is 4.91. The lowest BCUT2D eigenvalue weighted by atomic mass is 9.88.